The van der Waals surface area contributed by atoms with Crippen LogP contribution in [0.15, 0.2) is 69.6 Å². The highest BCUT2D eigenvalue weighted by molar-refractivity contribution is 8.03. The van der Waals surface area contributed by atoms with Gasteiger partial charge >= 0.3 is 0 Å². The molecule has 1 aliphatic carbocycles. The van der Waals surface area contributed by atoms with E-state index in [9.17, 15) is 0 Å². The Balaban J connectivity index is 1.54. The first-order valence-corrected chi connectivity index (χ1v) is 14.0. The van der Waals surface area contributed by atoms with Gasteiger partial charge in [-0.15, -0.1) is 0 Å². The van der Waals surface area contributed by atoms with Crippen LogP contribution >= 0.6 is 23.1 Å². The molecule has 176 valence electrons. The molecule has 0 N–H and O–H groups in total. The van der Waals surface area contributed by atoms with Crippen LogP contribution in [0, 0.1) is 19.3 Å². The Hall–Kier alpha value is -2.30. The average Bonchev–Trinajstić information content (AvgIpc) is 3.28. The summed E-state index contributed by atoms with van der Waals surface area (Å²) in [6, 6.07) is 13.6. The lowest BCUT2D eigenvalue weighted by Crippen LogP contribution is -2.33. The standard InChI is InChI=1S/C30H35N2S2/c1-7-31-24-13-20(3)9-11-26(24)33-28(31)16-22-15-23(19-30(5,6)18-22)17-29-32(8-2)25-14-21(4)10-12-27(25)34-29/h9-17H,7-8,18-19H2,1-6H3/q+1. The Morgan fingerprint density at radius 2 is 1.76 bits per heavy atom. The van der Waals surface area contributed by atoms with E-state index >= 15 is 0 Å². The SMILES string of the molecule is CCN1/C(=C/C2=CC(=C/c3sc4ccc(C)cc4[n+]3CC)/CC(C)(C)C2)Sc2ccc(C)cc21. The van der Waals surface area contributed by atoms with E-state index in [1.807, 2.05) is 23.1 Å². The Kier molecular flexibility index (Phi) is 6.24. The van der Waals surface area contributed by atoms with Crippen molar-refractivity contribution in [1.82, 2.24) is 0 Å². The second-order valence-electron chi connectivity index (χ2n) is 10.4. The van der Waals surface area contributed by atoms with Crippen molar-refractivity contribution in [3.8, 4) is 0 Å². The number of thiazole rings is 1. The topological polar surface area (TPSA) is 7.12 Å². The minimum atomic E-state index is 0.251. The molecule has 2 aromatic carbocycles. The molecule has 5 rings (SSSR count). The van der Waals surface area contributed by atoms with Gasteiger partial charge in [0, 0.05) is 23.6 Å². The number of hydrogen-bond donors (Lipinski definition) is 0. The van der Waals surface area contributed by atoms with Crippen molar-refractivity contribution in [1.29, 1.82) is 0 Å². The van der Waals surface area contributed by atoms with Crippen molar-refractivity contribution < 1.29 is 4.57 Å². The summed E-state index contributed by atoms with van der Waals surface area (Å²) in [5.41, 5.74) is 8.49. The van der Waals surface area contributed by atoms with Gasteiger partial charge in [0.25, 0.3) is 5.01 Å². The normalized spacial score (nSPS) is 19.8. The number of nitrogens with zero attached hydrogens (tertiary/aromatic N) is 2. The third-order valence-corrected chi connectivity index (χ3v) is 8.98. The number of hydrogen-bond acceptors (Lipinski definition) is 3. The van der Waals surface area contributed by atoms with Crippen molar-refractivity contribution >= 4 is 45.1 Å². The summed E-state index contributed by atoms with van der Waals surface area (Å²) in [7, 11) is 0. The lowest BCUT2D eigenvalue weighted by Gasteiger charge is -2.31. The van der Waals surface area contributed by atoms with Crippen molar-refractivity contribution in [2.24, 2.45) is 5.41 Å². The number of benzene rings is 2. The maximum absolute atomic E-state index is 2.47. The van der Waals surface area contributed by atoms with Crippen molar-refractivity contribution in [2.45, 2.75) is 65.8 Å². The number of anilines is 1. The van der Waals surface area contributed by atoms with Crippen LogP contribution in [0.3, 0.4) is 0 Å². The zero-order chi connectivity index (χ0) is 24.0. The summed E-state index contributed by atoms with van der Waals surface area (Å²) in [6.45, 7) is 15.7. The largest absolute Gasteiger partial charge is 0.335 e. The second-order valence-corrected chi connectivity index (χ2v) is 12.5. The van der Waals surface area contributed by atoms with E-state index in [0.29, 0.717) is 0 Å². The molecule has 0 atom stereocenters. The van der Waals surface area contributed by atoms with Crippen LogP contribution in [0.25, 0.3) is 16.3 Å². The molecule has 34 heavy (non-hydrogen) atoms. The molecule has 4 heteroatoms. The summed E-state index contributed by atoms with van der Waals surface area (Å²) >= 11 is 3.82. The Morgan fingerprint density at radius 3 is 2.53 bits per heavy atom. The van der Waals surface area contributed by atoms with Gasteiger partial charge in [-0.25, -0.2) is 0 Å². The molecule has 2 nitrogen and oxygen atoms in total. The van der Waals surface area contributed by atoms with Gasteiger partial charge in [-0.3, -0.25) is 0 Å². The fraction of sp³-hybridized carbons (Fsp3) is 0.367. The predicted octanol–water partition coefficient (Wildman–Crippen LogP) is 8.43. The maximum atomic E-state index is 2.47. The van der Waals surface area contributed by atoms with Crippen LogP contribution in [-0.4, -0.2) is 6.54 Å². The molecular formula is C30H35N2S2+. The fourth-order valence-electron chi connectivity index (χ4n) is 5.30. The van der Waals surface area contributed by atoms with Gasteiger partial charge < -0.3 is 4.90 Å². The molecule has 3 aromatic rings. The van der Waals surface area contributed by atoms with Gasteiger partial charge in [-0.2, -0.15) is 4.57 Å². The van der Waals surface area contributed by atoms with Crippen molar-refractivity contribution in [2.75, 3.05) is 11.4 Å². The Bertz CT molecular complexity index is 1350. The summed E-state index contributed by atoms with van der Waals surface area (Å²) < 4.78 is 3.84. The summed E-state index contributed by atoms with van der Waals surface area (Å²) in [5.74, 6) is 0. The van der Waals surface area contributed by atoms with E-state index in [1.165, 1.54) is 53.1 Å². The average molecular weight is 488 g/mol. The van der Waals surface area contributed by atoms with Crippen molar-refractivity contribution in [3.63, 3.8) is 0 Å². The van der Waals surface area contributed by atoms with Crippen LogP contribution in [0.1, 0.15) is 56.7 Å². The van der Waals surface area contributed by atoms with E-state index in [-0.39, 0.29) is 5.41 Å². The summed E-state index contributed by atoms with van der Waals surface area (Å²) in [4.78, 5) is 3.84. The smallest absolute Gasteiger partial charge is 0.263 e. The predicted molar refractivity (Wildman–Crippen MR) is 150 cm³/mol. The van der Waals surface area contributed by atoms with E-state index in [4.69, 9.17) is 0 Å². The molecule has 0 unspecified atom stereocenters. The molecule has 0 saturated heterocycles. The van der Waals surface area contributed by atoms with Gasteiger partial charge in [0.15, 0.2) is 0 Å². The zero-order valence-corrected chi connectivity index (χ0v) is 22.9. The molecule has 2 aliphatic rings. The molecule has 0 spiro atoms. The lowest BCUT2D eigenvalue weighted by atomic mass is 9.75. The number of rotatable bonds is 4. The molecule has 0 amide bonds. The molecule has 1 aromatic heterocycles. The highest BCUT2D eigenvalue weighted by Gasteiger charge is 2.29. The van der Waals surface area contributed by atoms with Crippen molar-refractivity contribution in [3.05, 3.63) is 80.9 Å². The van der Waals surface area contributed by atoms with E-state index in [2.05, 4.69) is 106 Å². The molecule has 1 aliphatic heterocycles. The van der Waals surface area contributed by atoms with Crippen LogP contribution < -0.4 is 9.47 Å². The maximum Gasteiger partial charge on any atom is 0.263 e. The van der Waals surface area contributed by atoms with E-state index in [1.54, 1.807) is 0 Å². The lowest BCUT2D eigenvalue weighted by molar-refractivity contribution is -0.665. The minimum Gasteiger partial charge on any atom is -0.335 e. The van der Waals surface area contributed by atoms with Gasteiger partial charge in [0.1, 0.15) is 11.2 Å². The molecule has 0 fully saturated rings. The first-order chi connectivity index (χ1) is 16.3. The molecule has 0 saturated carbocycles. The fourth-order valence-corrected chi connectivity index (χ4v) is 7.67. The number of thioether (sulfide) groups is 1. The van der Waals surface area contributed by atoms with Crippen LogP contribution in [0.4, 0.5) is 5.69 Å². The highest BCUT2D eigenvalue weighted by atomic mass is 32.2. The monoisotopic (exact) mass is 487 g/mol. The van der Waals surface area contributed by atoms with Gasteiger partial charge in [-0.05, 0) is 92.5 Å². The molecule has 0 bridgehead atoms. The Morgan fingerprint density at radius 1 is 1.00 bits per heavy atom. The summed E-state index contributed by atoms with van der Waals surface area (Å²) in [5, 5.41) is 2.71. The van der Waals surface area contributed by atoms with E-state index < -0.39 is 0 Å². The van der Waals surface area contributed by atoms with Gasteiger partial charge in [0.05, 0.1) is 10.7 Å². The molecular weight excluding hydrogens is 452 g/mol. The van der Waals surface area contributed by atoms with Crippen LogP contribution in [0.2, 0.25) is 0 Å². The molecule has 2 heterocycles. The van der Waals surface area contributed by atoms with Gasteiger partial charge in [0.2, 0.25) is 5.52 Å². The highest BCUT2D eigenvalue weighted by Crippen LogP contribution is 2.48. The number of aromatic nitrogens is 1. The van der Waals surface area contributed by atoms with E-state index in [0.717, 1.165) is 25.9 Å². The van der Waals surface area contributed by atoms with Crippen LogP contribution in [0.5, 0.6) is 0 Å². The third-order valence-electron chi connectivity index (χ3n) is 6.76. The Labute approximate surface area is 212 Å². The third kappa shape index (κ3) is 4.50. The summed E-state index contributed by atoms with van der Waals surface area (Å²) in [6.07, 6.45) is 9.57. The number of allylic oxidation sites excluding steroid dienone is 4. The number of aryl methyl sites for hydroxylation is 3. The first kappa shape index (κ1) is 23.4. The molecule has 0 radical (unpaired) electrons. The number of fused-ring (bicyclic) bond motifs is 2. The van der Waals surface area contributed by atoms with Gasteiger partial charge in [-0.1, -0.05) is 55.2 Å². The quantitative estimate of drug-likeness (QED) is 0.341. The minimum absolute atomic E-state index is 0.251. The second kappa shape index (κ2) is 9.05. The zero-order valence-electron chi connectivity index (χ0n) is 21.2. The van der Waals surface area contributed by atoms with Crippen LogP contribution in [-0.2, 0) is 6.54 Å². The first-order valence-electron chi connectivity index (χ1n) is 12.4.